The fraction of sp³-hybridized carbons (Fsp3) is 0.409. The molecule has 2 unspecified atom stereocenters. The number of nitrogens with one attached hydrogen (secondary N) is 2. The minimum Gasteiger partial charge on any atom is -0.494 e. The Morgan fingerprint density at radius 1 is 1.24 bits per heavy atom. The van der Waals surface area contributed by atoms with Crippen LogP contribution in [0.1, 0.15) is 31.0 Å². The molecular formula is C22H30FN3O3. The number of ether oxygens (including phenoxy) is 2. The number of aryl methyl sites for hydroxylation is 1. The number of hydrogen-bond donors (Lipinski definition) is 3. The van der Waals surface area contributed by atoms with Crippen molar-refractivity contribution in [2.45, 2.75) is 32.9 Å². The van der Waals surface area contributed by atoms with Crippen molar-refractivity contribution in [1.29, 1.82) is 0 Å². The van der Waals surface area contributed by atoms with E-state index in [0.29, 0.717) is 18.3 Å². The quantitative estimate of drug-likeness (QED) is 0.443. The predicted octanol–water partition coefficient (Wildman–Crippen LogP) is 3.20. The summed E-state index contributed by atoms with van der Waals surface area (Å²) in [6, 6.07) is 12.3. The Kier molecular flexibility index (Phi) is 8.73. The van der Waals surface area contributed by atoms with Crippen molar-refractivity contribution < 1.29 is 19.0 Å². The monoisotopic (exact) mass is 403 g/mol. The van der Waals surface area contributed by atoms with Gasteiger partial charge < -0.3 is 25.2 Å². The molecule has 0 bridgehead atoms. The van der Waals surface area contributed by atoms with Crippen LogP contribution in [0.25, 0.3) is 0 Å². The lowest BCUT2D eigenvalue weighted by Gasteiger charge is -2.19. The van der Waals surface area contributed by atoms with E-state index in [1.807, 2.05) is 45.0 Å². The first-order valence-electron chi connectivity index (χ1n) is 9.68. The maximum absolute atomic E-state index is 14.0. The topological polar surface area (TPSA) is 75.1 Å². The fourth-order valence-electron chi connectivity index (χ4n) is 2.71. The summed E-state index contributed by atoms with van der Waals surface area (Å²) in [7, 11) is 1.43. The number of methoxy groups -OCH3 is 1. The molecule has 2 atom stereocenters. The number of rotatable bonds is 9. The minimum atomic E-state index is -0.750. The summed E-state index contributed by atoms with van der Waals surface area (Å²) in [5.74, 6) is 1.04. The van der Waals surface area contributed by atoms with Crippen molar-refractivity contribution in [3.05, 3.63) is 59.4 Å². The molecule has 158 valence electrons. The first-order valence-corrected chi connectivity index (χ1v) is 9.68. The Balaban J connectivity index is 1.93. The van der Waals surface area contributed by atoms with Gasteiger partial charge >= 0.3 is 0 Å². The van der Waals surface area contributed by atoms with E-state index in [0.717, 1.165) is 11.1 Å². The Labute approximate surface area is 171 Å². The Morgan fingerprint density at radius 3 is 2.69 bits per heavy atom. The molecule has 0 spiro atoms. The molecule has 0 aliphatic rings. The molecule has 2 aromatic carbocycles. The molecule has 0 amide bonds. The normalized spacial score (nSPS) is 13.5. The van der Waals surface area contributed by atoms with E-state index in [4.69, 9.17) is 9.47 Å². The SMILES string of the molecule is CCNC(=NCC(O)COc1cccc(C)c1)NC(C)c1ccc(OC)c(F)c1. The summed E-state index contributed by atoms with van der Waals surface area (Å²) in [6.45, 7) is 6.82. The van der Waals surface area contributed by atoms with Gasteiger partial charge in [-0.1, -0.05) is 18.2 Å². The average molecular weight is 403 g/mol. The number of halogens is 1. The van der Waals surface area contributed by atoms with E-state index in [2.05, 4.69) is 15.6 Å². The number of nitrogens with zero attached hydrogens (tertiary/aromatic N) is 1. The summed E-state index contributed by atoms with van der Waals surface area (Å²) in [6.07, 6.45) is -0.750. The van der Waals surface area contributed by atoms with Crippen molar-refractivity contribution in [3.63, 3.8) is 0 Å². The molecule has 7 heteroatoms. The van der Waals surface area contributed by atoms with Gasteiger partial charge in [-0.25, -0.2) is 4.39 Å². The lowest BCUT2D eigenvalue weighted by Crippen LogP contribution is -2.39. The zero-order valence-electron chi connectivity index (χ0n) is 17.4. The maximum Gasteiger partial charge on any atom is 0.191 e. The Morgan fingerprint density at radius 2 is 2.03 bits per heavy atom. The zero-order chi connectivity index (χ0) is 21.2. The summed E-state index contributed by atoms with van der Waals surface area (Å²) in [4.78, 5) is 4.41. The smallest absolute Gasteiger partial charge is 0.191 e. The van der Waals surface area contributed by atoms with Gasteiger partial charge in [-0.3, -0.25) is 4.99 Å². The molecule has 2 aromatic rings. The van der Waals surface area contributed by atoms with Gasteiger partial charge in [0.1, 0.15) is 18.5 Å². The second-order valence-electron chi connectivity index (χ2n) is 6.76. The van der Waals surface area contributed by atoms with Crippen molar-refractivity contribution in [2.24, 2.45) is 4.99 Å². The third kappa shape index (κ3) is 7.27. The van der Waals surface area contributed by atoms with Crippen LogP contribution in [0.2, 0.25) is 0 Å². The number of aliphatic imine (C=N–C) groups is 1. The lowest BCUT2D eigenvalue weighted by atomic mass is 10.1. The molecule has 6 nitrogen and oxygen atoms in total. The summed E-state index contributed by atoms with van der Waals surface area (Å²) in [5, 5.41) is 16.5. The molecule has 0 saturated carbocycles. The summed E-state index contributed by atoms with van der Waals surface area (Å²) >= 11 is 0. The number of guanidine groups is 1. The van der Waals surface area contributed by atoms with E-state index >= 15 is 0 Å². The van der Waals surface area contributed by atoms with Crippen molar-refractivity contribution >= 4 is 5.96 Å². The van der Waals surface area contributed by atoms with Crippen LogP contribution in [0.3, 0.4) is 0 Å². The predicted molar refractivity (Wildman–Crippen MR) is 113 cm³/mol. The van der Waals surface area contributed by atoms with Gasteiger partial charge in [-0.05, 0) is 56.2 Å². The molecule has 0 radical (unpaired) electrons. The molecule has 0 saturated heterocycles. The summed E-state index contributed by atoms with van der Waals surface area (Å²) in [5.41, 5.74) is 1.86. The van der Waals surface area contributed by atoms with Gasteiger partial charge in [-0.15, -0.1) is 0 Å². The number of benzene rings is 2. The Hall–Kier alpha value is -2.80. The first-order chi connectivity index (χ1) is 13.9. The van der Waals surface area contributed by atoms with Gasteiger partial charge in [0.05, 0.1) is 19.7 Å². The molecule has 0 fully saturated rings. The van der Waals surface area contributed by atoms with Crippen LogP contribution < -0.4 is 20.1 Å². The molecule has 0 heterocycles. The highest BCUT2D eigenvalue weighted by Gasteiger charge is 2.12. The molecular weight excluding hydrogens is 373 g/mol. The van der Waals surface area contributed by atoms with Crippen LogP contribution in [0.5, 0.6) is 11.5 Å². The van der Waals surface area contributed by atoms with E-state index in [1.54, 1.807) is 12.1 Å². The number of hydrogen-bond acceptors (Lipinski definition) is 4. The number of aliphatic hydroxyl groups excluding tert-OH is 1. The molecule has 3 N–H and O–H groups in total. The van der Waals surface area contributed by atoms with E-state index in [1.165, 1.54) is 13.2 Å². The van der Waals surface area contributed by atoms with Crippen LogP contribution in [-0.2, 0) is 0 Å². The van der Waals surface area contributed by atoms with Crippen LogP contribution in [0.4, 0.5) is 4.39 Å². The highest BCUT2D eigenvalue weighted by atomic mass is 19.1. The van der Waals surface area contributed by atoms with Crippen LogP contribution in [0, 0.1) is 12.7 Å². The van der Waals surface area contributed by atoms with E-state index in [-0.39, 0.29) is 24.9 Å². The third-order valence-electron chi connectivity index (χ3n) is 4.27. The van der Waals surface area contributed by atoms with Crippen LogP contribution in [0.15, 0.2) is 47.5 Å². The van der Waals surface area contributed by atoms with E-state index in [9.17, 15) is 9.50 Å². The summed E-state index contributed by atoms with van der Waals surface area (Å²) < 4.78 is 24.5. The van der Waals surface area contributed by atoms with E-state index < -0.39 is 11.9 Å². The number of aliphatic hydroxyl groups is 1. The standard InChI is InChI=1S/C22H30FN3O3/c1-5-24-22(26-16(3)17-9-10-21(28-4)20(23)12-17)25-13-18(27)14-29-19-8-6-7-15(2)11-19/h6-12,16,18,27H,5,13-14H2,1-4H3,(H2,24,25,26). The second-order valence-corrected chi connectivity index (χ2v) is 6.76. The molecule has 0 aromatic heterocycles. The van der Waals surface area contributed by atoms with Crippen LogP contribution in [-0.4, -0.2) is 44.0 Å². The van der Waals surface area contributed by atoms with Gasteiger partial charge in [0.15, 0.2) is 17.5 Å². The zero-order valence-corrected chi connectivity index (χ0v) is 17.4. The maximum atomic E-state index is 14.0. The van der Waals surface area contributed by atoms with Gasteiger partial charge in [0.25, 0.3) is 0 Å². The van der Waals surface area contributed by atoms with Crippen molar-refractivity contribution in [1.82, 2.24) is 10.6 Å². The molecule has 29 heavy (non-hydrogen) atoms. The third-order valence-corrected chi connectivity index (χ3v) is 4.27. The largest absolute Gasteiger partial charge is 0.494 e. The molecule has 0 aliphatic heterocycles. The van der Waals surface area contributed by atoms with Crippen LogP contribution >= 0.6 is 0 Å². The van der Waals surface area contributed by atoms with Gasteiger partial charge in [0, 0.05) is 6.54 Å². The Bertz CT molecular complexity index is 814. The lowest BCUT2D eigenvalue weighted by molar-refractivity contribution is 0.114. The second kappa shape index (κ2) is 11.3. The fourth-order valence-corrected chi connectivity index (χ4v) is 2.71. The molecule has 0 aliphatic carbocycles. The highest BCUT2D eigenvalue weighted by Crippen LogP contribution is 2.21. The molecule has 2 rings (SSSR count). The first kappa shape index (κ1) is 22.5. The van der Waals surface area contributed by atoms with Gasteiger partial charge in [0.2, 0.25) is 0 Å². The average Bonchev–Trinajstić information content (AvgIpc) is 2.70. The van der Waals surface area contributed by atoms with Crippen molar-refractivity contribution in [2.75, 3.05) is 26.8 Å². The highest BCUT2D eigenvalue weighted by molar-refractivity contribution is 5.80. The minimum absolute atomic E-state index is 0.144. The van der Waals surface area contributed by atoms with Gasteiger partial charge in [-0.2, -0.15) is 0 Å². The van der Waals surface area contributed by atoms with Crippen molar-refractivity contribution in [3.8, 4) is 11.5 Å².